The maximum atomic E-state index is 13.2. The van der Waals surface area contributed by atoms with E-state index in [1.807, 2.05) is 68.4 Å². The largest absolute Gasteiger partial charge is 0.350 e. The lowest BCUT2D eigenvalue weighted by molar-refractivity contribution is -0.135. The summed E-state index contributed by atoms with van der Waals surface area (Å²) in [5.41, 5.74) is 1.70. The lowest BCUT2D eigenvalue weighted by Gasteiger charge is -2.26. The van der Waals surface area contributed by atoms with Gasteiger partial charge < -0.3 is 10.6 Å². The minimum absolute atomic E-state index is 0.297. The zero-order chi connectivity index (χ0) is 20.1. The van der Waals surface area contributed by atoms with E-state index in [0.29, 0.717) is 19.4 Å². The molecular formula is C22H25N3O3. The Hall–Kier alpha value is -3.15. The molecule has 6 heteroatoms. The molecule has 2 aromatic carbocycles. The highest BCUT2D eigenvalue weighted by Gasteiger charge is 2.52. The van der Waals surface area contributed by atoms with Gasteiger partial charge in [-0.2, -0.15) is 0 Å². The third-order valence-corrected chi connectivity index (χ3v) is 5.11. The van der Waals surface area contributed by atoms with Crippen LogP contribution in [0.2, 0.25) is 0 Å². The number of hydrogen-bond donors (Lipinski definition) is 2. The molecule has 1 aliphatic heterocycles. The average molecular weight is 379 g/mol. The molecule has 146 valence electrons. The summed E-state index contributed by atoms with van der Waals surface area (Å²) in [6, 6.07) is 16.4. The highest BCUT2D eigenvalue weighted by atomic mass is 16.2. The molecule has 0 unspecified atom stereocenters. The molecule has 1 fully saturated rings. The minimum Gasteiger partial charge on any atom is -0.350 e. The number of benzene rings is 2. The van der Waals surface area contributed by atoms with Gasteiger partial charge in [0.2, 0.25) is 5.91 Å². The zero-order valence-electron chi connectivity index (χ0n) is 16.2. The number of amides is 4. The van der Waals surface area contributed by atoms with Crippen LogP contribution in [0.3, 0.4) is 0 Å². The molecule has 0 saturated carbocycles. The number of nitrogens with one attached hydrogen (secondary N) is 2. The van der Waals surface area contributed by atoms with Crippen LogP contribution in [0.5, 0.6) is 0 Å². The second kappa shape index (κ2) is 8.25. The second-order valence-electron chi connectivity index (χ2n) is 7.05. The monoisotopic (exact) mass is 379 g/mol. The van der Waals surface area contributed by atoms with E-state index in [4.69, 9.17) is 0 Å². The van der Waals surface area contributed by atoms with Gasteiger partial charge in [-0.25, -0.2) is 4.79 Å². The number of nitrogens with zero attached hydrogens (tertiary/aromatic N) is 1. The van der Waals surface area contributed by atoms with Crippen molar-refractivity contribution in [2.24, 2.45) is 0 Å². The van der Waals surface area contributed by atoms with Crippen LogP contribution in [0.15, 0.2) is 54.6 Å². The van der Waals surface area contributed by atoms with Crippen molar-refractivity contribution in [1.29, 1.82) is 0 Å². The van der Waals surface area contributed by atoms with Crippen molar-refractivity contribution in [1.82, 2.24) is 15.5 Å². The molecule has 28 heavy (non-hydrogen) atoms. The Balaban J connectivity index is 1.72. The highest BCUT2D eigenvalue weighted by Crippen LogP contribution is 2.33. The first-order chi connectivity index (χ1) is 13.5. The Morgan fingerprint density at radius 2 is 1.75 bits per heavy atom. The van der Waals surface area contributed by atoms with Gasteiger partial charge in [0.1, 0.15) is 12.1 Å². The smallest absolute Gasteiger partial charge is 0.325 e. The summed E-state index contributed by atoms with van der Waals surface area (Å²) >= 11 is 0. The van der Waals surface area contributed by atoms with Crippen molar-refractivity contribution in [3.63, 3.8) is 0 Å². The topological polar surface area (TPSA) is 78.5 Å². The molecule has 6 nitrogen and oxygen atoms in total. The molecule has 0 spiro atoms. The molecule has 0 bridgehead atoms. The molecule has 0 aromatic heterocycles. The zero-order valence-corrected chi connectivity index (χ0v) is 16.2. The van der Waals surface area contributed by atoms with Gasteiger partial charge in [-0.1, -0.05) is 67.9 Å². The number of aryl methyl sites for hydroxylation is 1. The summed E-state index contributed by atoms with van der Waals surface area (Å²) in [5.74, 6) is -0.747. The van der Waals surface area contributed by atoms with Gasteiger partial charge in [0.15, 0.2) is 0 Å². The van der Waals surface area contributed by atoms with Crippen LogP contribution in [-0.2, 0) is 21.7 Å². The Bertz CT molecular complexity index is 882. The molecule has 1 atom stereocenters. The molecule has 4 amide bonds. The van der Waals surface area contributed by atoms with Crippen LogP contribution in [0.4, 0.5) is 4.79 Å². The lowest BCUT2D eigenvalue weighted by atomic mass is 9.85. The number of imide groups is 1. The minimum atomic E-state index is -1.11. The van der Waals surface area contributed by atoms with E-state index in [2.05, 4.69) is 10.6 Å². The summed E-state index contributed by atoms with van der Waals surface area (Å²) in [6.45, 7) is 3.99. The molecule has 0 radical (unpaired) electrons. The molecule has 2 aromatic rings. The van der Waals surface area contributed by atoms with Gasteiger partial charge in [0.25, 0.3) is 5.91 Å². The summed E-state index contributed by atoms with van der Waals surface area (Å²) in [6.07, 6.45) is 1.19. The maximum Gasteiger partial charge on any atom is 0.325 e. The van der Waals surface area contributed by atoms with Crippen molar-refractivity contribution >= 4 is 17.8 Å². The van der Waals surface area contributed by atoms with Gasteiger partial charge in [0, 0.05) is 6.54 Å². The van der Waals surface area contributed by atoms with Crippen molar-refractivity contribution in [2.45, 2.75) is 38.8 Å². The number of carbonyl (C=O) groups excluding carboxylic acids is 3. The molecule has 0 aliphatic carbocycles. The van der Waals surface area contributed by atoms with Crippen LogP contribution in [-0.4, -0.2) is 29.3 Å². The van der Waals surface area contributed by atoms with E-state index in [-0.39, 0.29) is 18.4 Å². The quantitative estimate of drug-likeness (QED) is 0.726. The van der Waals surface area contributed by atoms with Gasteiger partial charge in [-0.15, -0.1) is 0 Å². The van der Waals surface area contributed by atoms with Crippen LogP contribution in [0.25, 0.3) is 0 Å². The number of urea groups is 1. The van der Waals surface area contributed by atoms with Crippen molar-refractivity contribution in [3.05, 3.63) is 71.3 Å². The van der Waals surface area contributed by atoms with Crippen LogP contribution < -0.4 is 10.6 Å². The first-order valence-corrected chi connectivity index (χ1v) is 9.49. The average Bonchev–Trinajstić information content (AvgIpc) is 2.93. The van der Waals surface area contributed by atoms with Crippen molar-refractivity contribution in [3.8, 4) is 0 Å². The van der Waals surface area contributed by atoms with Crippen LogP contribution in [0, 0.1) is 6.92 Å². The normalized spacial score (nSPS) is 18.9. The number of carbonyl (C=O) groups is 3. The molecule has 1 heterocycles. The van der Waals surface area contributed by atoms with Gasteiger partial charge in [-0.3, -0.25) is 14.5 Å². The third kappa shape index (κ3) is 3.76. The molecule has 3 rings (SSSR count). The Kier molecular flexibility index (Phi) is 5.78. The maximum absolute atomic E-state index is 13.2. The summed E-state index contributed by atoms with van der Waals surface area (Å²) < 4.78 is 0. The van der Waals surface area contributed by atoms with E-state index in [0.717, 1.165) is 21.6 Å². The number of hydrogen-bond acceptors (Lipinski definition) is 3. The summed E-state index contributed by atoms with van der Waals surface area (Å²) in [4.78, 5) is 39.1. The predicted octanol–water partition coefficient (Wildman–Crippen LogP) is 2.86. The van der Waals surface area contributed by atoms with E-state index in [1.54, 1.807) is 0 Å². The Morgan fingerprint density at radius 1 is 1.07 bits per heavy atom. The Labute approximate surface area is 164 Å². The van der Waals surface area contributed by atoms with E-state index >= 15 is 0 Å². The van der Waals surface area contributed by atoms with Gasteiger partial charge >= 0.3 is 6.03 Å². The standard InChI is InChI=1S/C22H25N3O3/c1-3-13-22(18-11-5-4-6-12-18)20(27)25(21(28)24-22)15-19(26)23-14-17-10-8-7-9-16(17)2/h4-12H,3,13-15H2,1-2H3,(H,23,26)(H,24,28)/t22-/m0/s1. The first kappa shape index (κ1) is 19.6. The predicted molar refractivity (Wildman–Crippen MR) is 106 cm³/mol. The first-order valence-electron chi connectivity index (χ1n) is 9.49. The van der Waals surface area contributed by atoms with E-state index in [9.17, 15) is 14.4 Å². The summed E-state index contributed by atoms with van der Waals surface area (Å²) in [5, 5.41) is 5.62. The molecular weight excluding hydrogens is 354 g/mol. The van der Waals surface area contributed by atoms with Crippen molar-refractivity contribution in [2.75, 3.05) is 6.54 Å². The SMILES string of the molecule is CCC[C@@]1(c2ccccc2)NC(=O)N(CC(=O)NCc2ccccc2C)C1=O. The fourth-order valence-corrected chi connectivity index (χ4v) is 3.58. The number of rotatable bonds is 7. The second-order valence-corrected chi connectivity index (χ2v) is 7.05. The summed E-state index contributed by atoms with van der Waals surface area (Å²) in [7, 11) is 0. The highest BCUT2D eigenvalue weighted by molar-refractivity contribution is 6.09. The van der Waals surface area contributed by atoms with Crippen LogP contribution in [0.1, 0.15) is 36.5 Å². The molecule has 1 aliphatic rings. The van der Waals surface area contributed by atoms with Gasteiger partial charge in [-0.05, 0) is 30.0 Å². The lowest BCUT2D eigenvalue weighted by Crippen LogP contribution is -2.45. The fourth-order valence-electron chi connectivity index (χ4n) is 3.58. The van der Waals surface area contributed by atoms with Crippen LogP contribution >= 0.6 is 0 Å². The third-order valence-electron chi connectivity index (χ3n) is 5.11. The van der Waals surface area contributed by atoms with E-state index < -0.39 is 11.6 Å². The molecule has 2 N–H and O–H groups in total. The molecule has 1 saturated heterocycles. The van der Waals surface area contributed by atoms with Gasteiger partial charge in [0.05, 0.1) is 0 Å². The van der Waals surface area contributed by atoms with E-state index in [1.165, 1.54) is 0 Å². The van der Waals surface area contributed by atoms with Crippen molar-refractivity contribution < 1.29 is 14.4 Å². The Morgan fingerprint density at radius 3 is 2.43 bits per heavy atom. The fraction of sp³-hybridized carbons (Fsp3) is 0.318.